The van der Waals surface area contributed by atoms with Gasteiger partial charge in [0.05, 0.1) is 10.4 Å². The highest BCUT2D eigenvalue weighted by Gasteiger charge is 2.23. The van der Waals surface area contributed by atoms with Crippen molar-refractivity contribution in [2.45, 2.75) is 6.42 Å². The van der Waals surface area contributed by atoms with E-state index in [4.69, 9.17) is 0 Å². The first-order valence-corrected chi connectivity index (χ1v) is 9.34. The van der Waals surface area contributed by atoms with Gasteiger partial charge in [-0.15, -0.1) is 0 Å². The van der Waals surface area contributed by atoms with E-state index in [0.717, 1.165) is 22.0 Å². The van der Waals surface area contributed by atoms with Gasteiger partial charge in [0.1, 0.15) is 5.82 Å². The molecule has 1 aliphatic heterocycles. The van der Waals surface area contributed by atoms with Gasteiger partial charge in [-0.05, 0) is 65.7 Å². The van der Waals surface area contributed by atoms with E-state index < -0.39 is 0 Å². The van der Waals surface area contributed by atoms with Crippen molar-refractivity contribution in [3.05, 3.63) is 82.6 Å². The van der Waals surface area contributed by atoms with Crippen molar-refractivity contribution in [1.29, 1.82) is 0 Å². The number of hydrogen-bond acceptors (Lipinski definition) is 4. The van der Waals surface area contributed by atoms with E-state index in [1.807, 2.05) is 36.4 Å². The Labute approximate surface area is 160 Å². The van der Waals surface area contributed by atoms with E-state index in [1.165, 1.54) is 23.9 Å². The summed E-state index contributed by atoms with van der Waals surface area (Å²) in [4.78, 5) is 21.5. The number of nitrogens with zero attached hydrogens (tertiary/aromatic N) is 2. The number of rotatable bonds is 4. The Kier molecular flexibility index (Phi) is 4.98. The monoisotopic (exact) mass is 377 g/mol. The number of amidine groups is 1. The highest BCUT2D eigenvalue weighted by Crippen LogP contribution is 2.27. The Hall–Kier alpha value is -2.99. The highest BCUT2D eigenvalue weighted by atomic mass is 32.2. The quantitative estimate of drug-likeness (QED) is 0.694. The molecule has 0 radical (unpaired) electrons. The number of nitrogens with one attached hydrogen (secondary N) is 1. The zero-order valence-electron chi connectivity index (χ0n) is 14.4. The van der Waals surface area contributed by atoms with Crippen LogP contribution in [0.5, 0.6) is 0 Å². The van der Waals surface area contributed by atoms with Crippen LogP contribution in [-0.4, -0.2) is 22.6 Å². The molecule has 1 aromatic heterocycles. The number of aliphatic imine (C=N–C) groups is 1. The molecule has 0 spiro atoms. The summed E-state index contributed by atoms with van der Waals surface area (Å²) in [6, 6.07) is 16.1. The second-order valence-corrected chi connectivity index (χ2v) is 7.11. The maximum Gasteiger partial charge on any atom is 0.264 e. The van der Waals surface area contributed by atoms with Gasteiger partial charge in [-0.25, -0.2) is 4.39 Å². The fourth-order valence-corrected chi connectivity index (χ4v) is 3.62. The van der Waals surface area contributed by atoms with E-state index in [-0.39, 0.29) is 11.7 Å². The summed E-state index contributed by atoms with van der Waals surface area (Å²) in [6.07, 6.45) is 4.31. The molecule has 4 rings (SSSR count). The van der Waals surface area contributed by atoms with Crippen molar-refractivity contribution in [3.8, 4) is 0 Å². The van der Waals surface area contributed by atoms with Crippen LogP contribution in [0.4, 0.5) is 4.39 Å². The fourth-order valence-electron chi connectivity index (χ4n) is 2.77. The van der Waals surface area contributed by atoms with E-state index in [1.54, 1.807) is 18.3 Å². The second kappa shape index (κ2) is 7.72. The third-order valence-corrected chi connectivity index (χ3v) is 5.09. The lowest BCUT2D eigenvalue weighted by Gasteiger charge is -1.99. The standard InChI is InChI=1S/C21H16FN3OS/c22-17-6-3-14(4-7-17)9-11-24-21-25-20(26)19(27-21)13-15-5-8-18-16(12-15)2-1-10-23-18/h1-8,10,12-13H,9,11H2,(H,24,25,26). The van der Waals surface area contributed by atoms with Crippen LogP contribution < -0.4 is 5.32 Å². The Morgan fingerprint density at radius 3 is 2.85 bits per heavy atom. The summed E-state index contributed by atoms with van der Waals surface area (Å²) in [7, 11) is 0. The Bertz CT molecular complexity index is 1060. The van der Waals surface area contributed by atoms with Crippen LogP contribution >= 0.6 is 11.8 Å². The van der Waals surface area contributed by atoms with Gasteiger partial charge in [0.25, 0.3) is 5.91 Å². The van der Waals surface area contributed by atoms with Crippen molar-refractivity contribution in [1.82, 2.24) is 10.3 Å². The van der Waals surface area contributed by atoms with Crippen LogP contribution in [0.2, 0.25) is 0 Å². The Morgan fingerprint density at radius 1 is 1.15 bits per heavy atom. The van der Waals surface area contributed by atoms with E-state index >= 15 is 0 Å². The first-order valence-electron chi connectivity index (χ1n) is 8.52. The zero-order chi connectivity index (χ0) is 18.6. The van der Waals surface area contributed by atoms with Crippen LogP contribution in [0.3, 0.4) is 0 Å². The molecule has 2 aromatic carbocycles. The molecule has 0 atom stereocenters. The molecule has 27 heavy (non-hydrogen) atoms. The topological polar surface area (TPSA) is 54.4 Å². The first kappa shape index (κ1) is 17.4. The van der Waals surface area contributed by atoms with Crippen LogP contribution in [0, 0.1) is 5.82 Å². The number of pyridine rings is 1. The van der Waals surface area contributed by atoms with Gasteiger partial charge in [0.2, 0.25) is 0 Å². The molecule has 2 heterocycles. The normalized spacial score (nSPS) is 17.0. The molecule has 1 fully saturated rings. The van der Waals surface area contributed by atoms with E-state index in [0.29, 0.717) is 23.0 Å². The molecule has 0 saturated carbocycles. The summed E-state index contributed by atoms with van der Waals surface area (Å²) >= 11 is 1.33. The Balaban J connectivity index is 1.44. The minimum absolute atomic E-state index is 0.146. The smallest absolute Gasteiger partial charge is 0.264 e. The molecule has 1 aliphatic rings. The summed E-state index contributed by atoms with van der Waals surface area (Å²) in [5, 5.41) is 4.41. The summed E-state index contributed by atoms with van der Waals surface area (Å²) in [5.41, 5.74) is 2.88. The number of benzene rings is 2. The molecular weight excluding hydrogens is 361 g/mol. The molecule has 1 saturated heterocycles. The van der Waals surface area contributed by atoms with Crippen LogP contribution in [0.1, 0.15) is 11.1 Å². The van der Waals surface area contributed by atoms with Crippen molar-refractivity contribution in [3.63, 3.8) is 0 Å². The minimum atomic E-state index is -0.247. The lowest BCUT2D eigenvalue weighted by atomic mass is 10.1. The number of thioether (sulfide) groups is 1. The SMILES string of the molecule is O=C1NC(=NCCc2ccc(F)cc2)SC1=Cc1ccc2ncccc2c1. The largest absolute Gasteiger partial charge is 0.301 e. The molecule has 1 N–H and O–H groups in total. The molecule has 6 heteroatoms. The summed E-state index contributed by atoms with van der Waals surface area (Å²) in [6.45, 7) is 0.531. The average Bonchev–Trinajstić information content (AvgIpc) is 3.02. The average molecular weight is 377 g/mol. The molecule has 0 unspecified atom stereocenters. The lowest BCUT2D eigenvalue weighted by Crippen LogP contribution is -2.20. The van der Waals surface area contributed by atoms with Gasteiger partial charge in [0.15, 0.2) is 5.17 Å². The number of hydrogen-bond donors (Lipinski definition) is 1. The molecule has 1 amide bonds. The zero-order valence-corrected chi connectivity index (χ0v) is 15.2. The second-order valence-electron chi connectivity index (χ2n) is 6.08. The van der Waals surface area contributed by atoms with E-state index in [2.05, 4.69) is 15.3 Å². The molecule has 0 aliphatic carbocycles. The highest BCUT2D eigenvalue weighted by molar-refractivity contribution is 8.18. The van der Waals surface area contributed by atoms with Crippen molar-refractivity contribution < 1.29 is 9.18 Å². The van der Waals surface area contributed by atoms with Crippen molar-refractivity contribution in [2.75, 3.05) is 6.54 Å². The summed E-state index contributed by atoms with van der Waals surface area (Å²) in [5.74, 6) is -0.394. The third kappa shape index (κ3) is 4.23. The van der Waals surface area contributed by atoms with Crippen LogP contribution in [0.15, 0.2) is 70.7 Å². The Morgan fingerprint density at radius 2 is 2.00 bits per heavy atom. The van der Waals surface area contributed by atoms with Gasteiger partial charge < -0.3 is 5.32 Å². The van der Waals surface area contributed by atoms with Gasteiger partial charge in [-0.3, -0.25) is 14.8 Å². The number of carbonyl (C=O) groups excluding carboxylic acids is 1. The van der Waals surface area contributed by atoms with Crippen LogP contribution in [0.25, 0.3) is 17.0 Å². The van der Waals surface area contributed by atoms with Gasteiger partial charge in [0, 0.05) is 18.1 Å². The molecule has 0 bridgehead atoms. The predicted molar refractivity (Wildman–Crippen MR) is 108 cm³/mol. The van der Waals surface area contributed by atoms with Crippen LogP contribution in [-0.2, 0) is 11.2 Å². The number of fused-ring (bicyclic) bond motifs is 1. The summed E-state index contributed by atoms with van der Waals surface area (Å²) < 4.78 is 12.9. The maximum atomic E-state index is 12.9. The predicted octanol–water partition coefficient (Wildman–Crippen LogP) is 4.18. The fraction of sp³-hybridized carbons (Fsp3) is 0.0952. The number of amides is 1. The lowest BCUT2D eigenvalue weighted by molar-refractivity contribution is -0.115. The van der Waals surface area contributed by atoms with Gasteiger partial charge in [-0.1, -0.05) is 24.3 Å². The number of aromatic nitrogens is 1. The number of halogens is 1. The minimum Gasteiger partial charge on any atom is -0.301 e. The molecule has 3 aromatic rings. The number of carbonyl (C=O) groups is 1. The van der Waals surface area contributed by atoms with Crippen molar-refractivity contribution in [2.24, 2.45) is 4.99 Å². The van der Waals surface area contributed by atoms with Gasteiger partial charge in [-0.2, -0.15) is 0 Å². The first-order chi connectivity index (χ1) is 13.2. The molecule has 4 nitrogen and oxygen atoms in total. The third-order valence-electron chi connectivity index (χ3n) is 4.14. The van der Waals surface area contributed by atoms with E-state index in [9.17, 15) is 9.18 Å². The maximum absolute atomic E-state index is 12.9. The van der Waals surface area contributed by atoms with Gasteiger partial charge >= 0.3 is 0 Å². The molecular formula is C21H16FN3OS. The van der Waals surface area contributed by atoms with Crippen molar-refractivity contribution >= 4 is 39.8 Å². The molecule has 134 valence electrons.